The maximum Gasteiger partial charge on any atom is 0.269 e. The van der Waals surface area contributed by atoms with Crippen LogP contribution in [0.3, 0.4) is 0 Å². The van der Waals surface area contributed by atoms with E-state index in [4.69, 9.17) is 0 Å². The number of nitrogens with zero attached hydrogens (tertiary/aromatic N) is 2. The number of para-hydroxylation sites is 1. The number of hydrogen-bond donors (Lipinski definition) is 2. The Labute approximate surface area is 177 Å². The summed E-state index contributed by atoms with van der Waals surface area (Å²) in [6.45, 7) is 0. The molecule has 1 amide bonds. The fourth-order valence-electron chi connectivity index (χ4n) is 2.45. The van der Waals surface area contributed by atoms with Gasteiger partial charge in [0.25, 0.3) is 11.6 Å². The Morgan fingerprint density at radius 3 is 2.33 bits per heavy atom. The van der Waals surface area contributed by atoms with Gasteiger partial charge in [0.15, 0.2) is 0 Å². The number of hydrogen-bond acceptors (Lipinski definition) is 6. The van der Waals surface area contributed by atoms with E-state index in [0.717, 1.165) is 15.5 Å². The highest BCUT2D eigenvalue weighted by Crippen LogP contribution is 2.33. The second kappa shape index (κ2) is 9.91. The molecule has 30 heavy (non-hydrogen) atoms. The molecule has 3 rings (SSSR count). The molecule has 148 valence electrons. The largest absolute Gasteiger partial charge is 0.359 e. The molecule has 3 aromatic rings. The van der Waals surface area contributed by atoms with Crippen LogP contribution < -0.4 is 10.6 Å². The van der Waals surface area contributed by atoms with Crippen molar-refractivity contribution in [3.05, 3.63) is 101 Å². The van der Waals surface area contributed by atoms with E-state index in [1.54, 1.807) is 11.8 Å². The minimum absolute atomic E-state index is 0.0850. The van der Waals surface area contributed by atoms with Crippen molar-refractivity contribution in [2.24, 2.45) is 0 Å². The molecule has 0 aliphatic carbocycles. The van der Waals surface area contributed by atoms with Crippen LogP contribution in [0.4, 0.5) is 17.1 Å². The van der Waals surface area contributed by atoms with Gasteiger partial charge in [0.1, 0.15) is 11.6 Å². The maximum atomic E-state index is 12.4. The lowest BCUT2D eigenvalue weighted by Gasteiger charge is -2.09. The number of nitro groups is 1. The molecule has 7 nitrogen and oxygen atoms in total. The number of non-ortho nitro benzene ring substituents is 1. The Morgan fingerprint density at radius 1 is 1.00 bits per heavy atom. The van der Waals surface area contributed by atoms with E-state index in [2.05, 4.69) is 10.6 Å². The number of nitrogens with one attached hydrogen (secondary N) is 2. The van der Waals surface area contributed by atoms with Gasteiger partial charge in [-0.25, -0.2) is 0 Å². The maximum absolute atomic E-state index is 12.4. The van der Waals surface area contributed by atoms with Crippen LogP contribution >= 0.6 is 11.8 Å². The number of nitriles is 1. The van der Waals surface area contributed by atoms with Crippen molar-refractivity contribution >= 4 is 34.7 Å². The smallest absolute Gasteiger partial charge is 0.269 e. The summed E-state index contributed by atoms with van der Waals surface area (Å²) in [7, 11) is 0. The zero-order valence-electron chi connectivity index (χ0n) is 15.6. The van der Waals surface area contributed by atoms with Crippen LogP contribution in [0.15, 0.2) is 100 Å². The first kappa shape index (κ1) is 20.6. The molecule has 2 N–H and O–H groups in total. The van der Waals surface area contributed by atoms with E-state index in [9.17, 15) is 20.2 Å². The van der Waals surface area contributed by atoms with Gasteiger partial charge in [-0.1, -0.05) is 42.1 Å². The number of anilines is 2. The molecule has 0 unspecified atom stereocenters. The fraction of sp³-hybridized carbons (Fsp3) is 0. The number of benzene rings is 3. The molecule has 0 saturated carbocycles. The fourth-order valence-corrected chi connectivity index (χ4v) is 3.38. The minimum atomic E-state index is -0.618. The Kier molecular flexibility index (Phi) is 6.82. The quantitative estimate of drug-likeness (QED) is 0.237. The third-order valence-electron chi connectivity index (χ3n) is 3.93. The molecule has 0 atom stereocenters. The van der Waals surface area contributed by atoms with Gasteiger partial charge < -0.3 is 10.6 Å². The van der Waals surface area contributed by atoms with Crippen molar-refractivity contribution < 1.29 is 9.72 Å². The predicted molar refractivity (Wildman–Crippen MR) is 116 cm³/mol. The van der Waals surface area contributed by atoms with Crippen molar-refractivity contribution in [2.45, 2.75) is 9.79 Å². The van der Waals surface area contributed by atoms with Gasteiger partial charge >= 0.3 is 0 Å². The first-order chi connectivity index (χ1) is 14.6. The van der Waals surface area contributed by atoms with Crippen molar-refractivity contribution in [1.82, 2.24) is 0 Å². The minimum Gasteiger partial charge on any atom is -0.359 e. The Morgan fingerprint density at radius 2 is 1.67 bits per heavy atom. The molecule has 0 aliphatic rings. The van der Waals surface area contributed by atoms with Crippen LogP contribution in [-0.4, -0.2) is 10.8 Å². The molecule has 8 heteroatoms. The summed E-state index contributed by atoms with van der Waals surface area (Å²) < 4.78 is 0. The van der Waals surface area contributed by atoms with Crippen molar-refractivity contribution in [1.29, 1.82) is 5.26 Å². The molecule has 0 bridgehead atoms. The van der Waals surface area contributed by atoms with Crippen LogP contribution in [0.1, 0.15) is 0 Å². The van der Waals surface area contributed by atoms with Crippen LogP contribution in [0.25, 0.3) is 0 Å². The SMILES string of the molecule is N#C/C(=C/Nc1ccccc1Sc1ccccc1)C(=O)Nc1ccc([N+](=O)[O-])cc1. The molecule has 0 saturated heterocycles. The summed E-state index contributed by atoms with van der Waals surface area (Å²) in [5, 5.41) is 25.6. The zero-order chi connectivity index (χ0) is 21.3. The monoisotopic (exact) mass is 416 g/mol. The number of carbonyl (C=O) groups is 1. The highest BCUT2D eigenvalue weighted by Gasteiger charge is 2.11. The van der Waals surface area contributed by atoms with E-state index in [1.165, 1.54) is 30.5 Å². The van der Waals surface area contributed by atoms with Crippen molar-refractivity contribution in [2.75, 3.05) is 10.6 Å². The van der Waals surface area contributed by atoms with Gasteiger partial charge in [0.05, 0.1) is 10.6 Å². The number of amides is 1. The second-order valence-electron chi connectivity index (χ2n) is 5.98. The summed E-state index contributed by atoms with van der Waals surface area (Å²) in [6, 6.07) is 24.6. The molecule has 0 aromatic heterocycles. The summed E-state index contributed by atoms with van der Waals surface area (Å²) >= 11 is 1.56. The molecule has 3 aromatic carbocycles. The highest BCUT2D eigenvalue weighted by molar-refractivity contribution is 7.99. The van der Waals surface area contributed by atoms with E-state index >= 15 is 0 Å². The van der Waals surface area contributed by atoms with Crippen LogP contribution in [0.2, 0.25) is 0 Å². The molecular formula is C22H16N4O3S. The summed E-state index contributed by atoms with van der Waals surface area (Å²) in [6.07, 6.45) is 1.34. The highest BCUT2D eigenvalue weighted by atomic mass is 32.2. The van der Waals surface area contributed by atoms with Crippen LogP contribution in [-0.2, 0) is 4.79 Å². The Balaban J connectivity index is 1.71. The first-order valence-electron chi connectivity index (χ1n) is 8.81. The lowest BCUT2D eigenvalue weighted by Crippen LogP contribution is -2.14. The molecule has 0 spiro atoms. The lowest BCUT2D eigenvalue weighted by atomic mass is 10.2. The third kappa shape index (κ3) is 5.47. The third-order valence-corrected chi connectivity index (χ3v) is 5.01. The first-order valence-corrected chi connectivity index (χ1v) is 9.63. The predicted octanol–water partition coefficient (Wildman–Crippen LogP) is 5.20. The van der Waals surface area contributed by atoms with Gasteiger partial charge in [-0.2, -0.15) is 5.26 Å². The summed E-state index contributed by atoms with van der Waals surface area (Å²) in [4.78, 5) is 24.6. The molecule has 0 aliphatic heterocycles. The van der Waals surface area contributed by atoms with Crippen LogP contribution in [0, 0.1) is 21.4 Å². The van der Waals surface area contributed by atoms with Crippen molar-refractivity contribution in [3.8, 4) is 6.07 Å². The van der Waals surface area contributed by atoms with E-state index in [-0.39, 0.29) is 11.3 Å². The van der Waals surface area contributed by atoms with Gasteiger partial charge in [-0.3, -0.25) is 14.9 Å². The van der Waals surface area contributed by atoms with Gasteiger partial charge in [-0.15, -0.1) is 0 Å². The molecular weight excluding hydrogens is 400 g/mol. The van der Waals surface area contributed by atoms with E-state index in [1.807, 2.05) is 60.7 Å². The number of nitro benzene ring substituents is 1. The standard InChI is InChI=1S/C22H16N4O3S/c23-14-16(22(27)25-17-10-12-18(13-11-17)26(28)29)15-24-20-8-4-5-9-21(20)30-19-6-2-1-3-7-19/h1-13,15,24H,(H,25,27)/b16-15-. The lowest BCUT2D eigenvalue weighted by molar-refractivity contribution is -0.384. The summed E-state index contributed by atoms with van der Waals surface area (Å²) in [5.74, 6) is -0.618. The number of rotatable bonds is 7. The second-order valence-corrected chi connectivity index (χ2v) is 7.10. The average Bonchev–Trinajstić information content (AvgIpc) is 2.76. The van der Waals surface area contributed by atoms with E-state index in [0.29, 0.717) is 5.69 Å². The molecule has 0 heterocycles. The average molecular weight is 416 g/mol. The van der Waals surface area contributed by atoms with Gasteiger partial charge in [0.2, 0.25) is 0 Å². The topological polar surface area (TPSA) is 108 Å². The molecule has 0 radical (unpaired) electrons. The normalized spacial score (nSPS) is 10.7. The van der Waals surface area contributed by atoms with Crippen LogP contribution in [0.5, 0.6) is 0 Å². The molecule has 0 fully saturated rings. The summed E-state index contributed by atoms with van der Waals surface area (Å²) in [5.41, 5.74) is 0.889. The van der Waals surface area contributed by atoms with Gasteiger partial charge in [-0.05, 0) is 36.4 Å². The Bertz CT molecular complexity index is 1120. The van der Waals surface area contributed by atoms with E-state index < -0.39 is 10.8 Å². The Hall–Kier alpha value is -4.09. The van der Waals surface area contributed by atoms with Crippen molar-refractivity contribution in [3.63, 3.8) is 0 Å². The van der Waals surface area contributed by atoms with Gasteiger partial charge in [0, 0.05) is 33.8 Å². The zero-order valence-corrected chi connectivity index (χ0v) is 16.4. The number of carbonyl (C=O) groups excluding carboxylic acids is 1.